The highest BCUT2D eigenvalue weighted by molar-refractivity contribution is 5.78. The second-order valence-electron chi connectivity index (χ2n) is 6.95. The molecule has 0 heterocycles. The zero-order valence-electron chi connectivity index (χ0n) is 12.3. The fraction of sp³-hybridized carbons (Fsp3) is 0.933. The van der Waals surface area contributed by atoms with Crippen LogP contribution in [0.1, 0.15) is 59.3 Å². The van der Waals surface area contributed by atoms with Crippen LogP contribution in [0.4, 0.5) is 0 Å². The summed E-state index contributed by atoms with van der Waals surface area (Å²) in [6, 6.07) is 0. The Balaban J connectivity index is 2.32. The Kier molecular flexibility index (Phi) is 6.13. The highest BCUT2D eigenvalue weighted by Crippen LogP contribution is 2.25. The van der Waals surface area contributed by atoms with E-state index in [0.717, 1.165) is 13.0 Å². The topological polar surface area (TPSA) is 55.1 Å². The minimum absolute atomic E-state index is 0.0337. The van der Waals surface area contributed by atoms with Gasteiger partial charge in [0.05, 0.1) is 5.92 Å². The number of carbonyl (C=O) groups excluding carboxylic acids is 1. The van der Waals surface area contributed by atoms with E-state index in [-0.39, 0.29) is 17.2 Å². The van der Waals surface area contributed by atoms with Crippen LogP contribution < -0.4 is 11.1 Å². The Morgan fingerprint density at radius 2 is 1.89 bits per heavy atom. The average molecular weight is 254 g/mol. The van der Waals surface area contributed by atoms with Gasteiger partial charge in [-0.1, -0.05) is 40.0 Å². The summed E-state index contributed by atoms with van der Waals surface area (Å²) in [5.74, 6) is 0.808. The van der Waals surface area contributed by atoms with Crippen molar-refractivity contribution in [3.8, 4) is 0 Å². The summed E-state index contributed by atoms with van der Waals surface area (Å²) < 4.78 is 0. The van der Waals surface area contributed by atoms with Gasteiger partial charge in [-0.15, -0.1) is 0 Å². The summed E-state index contributed by atoms with van der Waals surface area (Å²) in [6.45, 7) is 7.77. The van der Waals surface area contributed by atoms with Gasteiger partial charge in [-0.2, -0.15) is 0 Å². The van der Waals surface area contributed by atoms with E-state index in [9.17, 15) is 4.79 Å². The molecule has 0 saturated heterocycles. The molecule has 1 aliphatic carbocycles. The lowest BCUT2D eigenvalue weighted by atomic mass is 9.84. The molecule has 1 atom stereocenters. The monoisotopic (exact) mass is 254 g/mol. The number of amides is 1. The average Bonchev–Trinajstić information content (AvgIpc) is 2.33. The molecular formula is C15H30N2O. The molecule has 1 saturated carbocycles. The Morgan fingerprint density at radius 1 is 1.28 bits per heavy atom. The van der Waals surface area contributed by atoms with Crippen molar-refractivity contribution in [2.45, 2.75) is 59.3 Å². The van der Waals surface area contributed by atoms with Gasteiger partial charge in [0.25, 0.3) is 0 Å². The van der Waals surface area contributed by atoms with Crippen molar-refractivity contribution in [1.29, 1.82) is 0 Å². The molecule has 0 aromatic heterocycles. The molecule has 3 N–H and O–H groups in total. The van der Waals surface area contributed by atoms with Crippen LogP contribution in [0.5, 0.6) is 0 Å². The van der Waals surface area contributed by atoms with Crippen molar-refractivity contribution in [1.82, 2.24) is 5.32 Å². The summed E-state index contributed by atoms with van der Waals surface area (Å²) in [5.41, 5.74) is 5.89. The molecule has 18 heavy (non-hydrogen) atoms. The van der Waals surface area contributed by atoms with Crippen LogP contribution in [0, 0.1) is 17.3 Å². The molecule has 0 aliphatic heterocycles. The minimum atomic E-state index is -0.0337. The van der Waals surface area contributed by atoms with E-state index in [1.807, 2.05) is 0 Å². The molecule has 3 nitrogen and oxygen atoms in total. The van der Waals surface area contributed by atoms with Crippen LogP contribution in [0.25, 0.3) is 0 Å². The molecule has 1 rings (SSSR count). The van der Waals surface area contributed by atoms with Gasteiger partial charge >= 0.3 is 0 Å². The van der Waals surface area contributed by atoms with E-state index in [1.165, 1.54) is 32.1 Å². The van der Waals surface area contributed by atoms with E-state index < -0.39 is 0 Å². The lowest BCUT2D eigenvalue weighted by Crippen LogP contribution is -2.39. The quantitative estimate of drug-likeness (QED) is 0.792. The van der Waals surface area contributed by atoms with Gasteiger partial charge in [0, 0.05) is 13.1 Å². The van der Waals surface area contributed by atoms with Gasteiger partial charge in [0.2, 0.25) is 5.91 Å². The Bertz CT molecular complexity index is 252. The van der Waals surface area contributed by atoms with Crippen LogP contribution in [0.15, 0.2) is 0 Å². The van der Waals surface area contributed by atoms with Crippen LogP contribution in [-0.4, -0.2) is 19.0 Å². The molecule has 106 valence electrons. The molecule has 1 amide bonds. The van der Waals surface area contributed by atoms with Gasteiger partial charge in [-0.25, -0.2) is 0 Å². The zero-order valence-corrected chi connectivity index (χ0v) is 12.3. The fourth-order valence-corrected chi connectivity index (χ4v) is 2.80. The Hall–Kier alpha value is -0.570. The number of carbonyl (C=O) groups is 1. The lowest BCUT2D eigenvalue weighted by molar-refractivity contribution is -0.125. The third-order valence-corrected chi connectivity index (χ3v) is 3.80. The van der Waals surface area contributed by atoms with E-state index in [4.69, 9.17) is 5.73 Å². The predicted molar refractivity (Wildman–Crippen MR) is 76.2 cm³/mol. The van der Waals surface area contributed by atoms with E-state index in [0.29, 0.717) is 12.5 Å². The van der Waals surface area contributed by atoms with Crippen molar-refractivity contribution in [3.05, 3.63) is 0 Å². The van der Waals surface area contributed by atoms with Crippen molar-refractivity contribution in [3.63, 3.8) is 0 Å². The number of hydrogen-bond donors (Lipinski definition) is 2. The molecule has 3 heteroatoms. The highest BCUT2D eigenvalue weighted by atomic mass is 16.1. The van der Waals surface area contributed by atoms with Gasteiger partial charge in [-0.3, -0.25) is 4.79 Å². The smallest absolute Gasteiger partial charge is 0.224 e. The van der Waals surface area contributed by atoms with E-state index >= 15 is 0 Å². The third kappa shape index (κ3) is 5.85. The van der Waals surface area contributed by atoms with Crippen LogP contribution in [-0.2, 0) is 4.79 Å². The molecule has 1 aliphatic rings. The first-order valence-electron chi connectivity index (χ1n) is 7.40. The van der Waals surface area contributed by atoms with Crippen LogP contribution in [0.2, 0.25) is 0 Å². The molecule has 1 fully saturated rings. The fourth-order valence-electron chi connectivity index (χ4n) is 2.80. The molecular weight excluding hydrogens is 224 g/mol. The normalized spacial score (nSPS) is 19.6. The number of nitrogens with two attached hydrogens (primary N) is 1. The van der Waals surface area contributed by atoms with Gasteiger partial charge in [0.1, 0.15) is 0 Å². The lowest BCUT2D eigenvalue weighted by Gasteiger charge is -2.26. The maximum Gasteiger partial charge on any atom is 0.224 e. The van der Waals surface area contributed by atoms with Crippen molar-refractivity contribution in [2.24, 2.45) is 23.0 Å². The summed E-state index contributed by atoms with van der Waals surface area (Å²) in [7, 11) is 0. The molecule has 0 spiro atoms. The Labute approximate surface area is 112 Å². The second kappa shape index (κ2) is 7.13. The largest absolute Gasteiger partial charge is 0.356 e. The Morgan fingerprint density at radius 3 is 2.39 bits per heavy atom. The van der Waals surface area contributed by atoms with Crippen molar-refractivity contribution >= 4 is 5.91 Å². The minimum Gasteiger partial charge on any atom is -0.356 e. The van der Waals surface area contributed by atoms with Crippen LogP contribution in [0.3, 0.4) is 0 Å². The molecule has 0 aromatic rings. The summed E-state index contributed by atoms with van der Waals surface area (Å²) in [6.07, 6.45) is 7.41. The standard InChI is InChI=1S/C15H30N2O/c1-15(2,3)9-13(10-16)14(18)17-11-12-7-5-4-6-8-12/h12-13H,4-11,16H2,1-3H3,(H,17,18). The second-order valence-corrected chi connectivity index (χ2v) is 6.95. The first kappa shape index (κ1) is 15.5. The van der Waals surface area contributed by atoms with Gasteiger partial charge in [0.15, 0.2) is 0 Å². The summed E-state index contributed by atoms with van der Waals surface area (Å²) in [5, 5.41) is 3.11. The number of nitrogens with one attached hydrogen (secondary N) is 1. The molecule has 0 radical (unpaired) electrons. The van der Waals surface area contributed by atoms with Crippen LogP contribution >= 0.6 is 0 Å². The number of hydrogen-bond acceptors (Lipinski definition) is 2. The third-order valence-electron chi connectivity index (χ3n) is 3.80. The summed E-state index contributed by atoms with van der Waals surface area (Å²) in [4.78, 5) is 12.1. The van der Waals surface area contributed by atoms with Gasteiger partial charge < -0.3 is 11.1 Å². The predicted octanol–water partition coefficient (Wildman–Crippen LogP) is 2.69. The molecule has 1 unspecified atom stereocenters. The van der Waals surface area contributed by atoms with E-state index in [1.54, 1.807) is 0 Å². The highest BCUT2D eigenvalue weighted by Gasteiger charge is 2.24. The number of rotatable bonds is 5. The zero-order chi connectivity index (χ0) is 13.6. The van der Waals surface area contributed by atoms with Crippen molar-refractivity contribution in [2.75, 3.05) is 13.1 Å². The van der Waals surface area contributed by atoms with Gasteiger partial charge in [-0.05, 0) is 30.6 Å². The summed E-state index contributed by atoms with van der Waals surface area (Å²) >= 11 is 0. The SMILES string of the molecule is CC(C)(C)CC(CN)C(=O)NCC1CCCCC1. The molecule has 0 aromatic carbocycles. The first-order chi connectivity index (χ1) is 8.42. The maximum absolute atomic E-state index is 12.1. The van der Waals surface area contributed by atoms with E-state index in [2.05, 4.69) is 26.1 Å². The molecule has 0 bridgehead atoms. The van der Waals surface area contributed by atoms with Crippen molar-refractivity contribution < 1.29 is 4.79 Å². The maximum atomic E-state index is 12.1. The first-order valence-corrected chi connectivity index (χ1v) is 7.40.